The van der Waals surface area contributed by atoms with E-state index in [1.807, 2.05) is 24.3 Å². The van der Waals surface area contributed by atoms with Gasteiger partial charge in [-0.15, -0.1) is 0 Å². The third-order valence-electron chi connectivity index (χ3n) is 5.00. The number of hydrogen-bond acceptors (Lipinski definition) is 6. The predicted octanol–water partition coefficient (Wildman–Crippen LogP) is 5.98. The second kappa shape index (κ2) is 10.5. The molecular formula is C25H20Cl2N4O3. The van der Waals surface area contributed by atoms with Crippen molar-refractivity contribution in [1.29, 1.82) is 0 Å². The molecule has 0 bridgehead atoms. The number of anilines is 2. The minimum Gasteiger partial charge on any atom is -0.462 e. The third-order valence-corrected chi connectivity index (χ3v) is 5.63. The molecule has 0 saturated carbocycles. The van der Waals surface area contributed by atoms with E-state index in [9.17, 15) is 9.59 Å². The largest absolute Gasteiger partial charge is 0.462 e. The van der Waals surface area contributed by atoms with Crippen LogP contribution < -0.4 is 10.6 Å². The number of pyridine rings is 2. The van der Waals surface area contributed by atoms with Crippen LogP contribution in [-0.4, -0.2) is 28.5 Å². The number of carbonyl (C=O) groups is 2. The summed E-state index contributed by atoms with van der Waals surface area (Å²) in [5, 5.41) is 7.22. The summed E-state index contributed by atoms with van der Waals surface area (Å²) in [5.74, 6) is -0.972. The molecule has 2 heterocycles. The van der Waals surface area contributed by atoms with Crippen LogP contribution in [0.4, 0.5) is 11.4 Å². The minimum atomic E-state index is -0.502. The Morgan fingerprint density at radius 3 is 2.44 bits per heavy atom. The maximum Gasteiger partial charge on any atom is 0.341 e. The normalized spacial score (nSPS) is 10.7. The van der Waals surface area contributed by atoms with Gasteiger partial charge in [0.2, 0.25) is 0 Å². The number of amides is 1. The Balaban J connectivity index is 1.75. The van der Waals surface area contributed by atoms with Crippen LogP contribution in [0.15, 0.2) is 67.0 Å². The number of esters is 1. The van der Waals surface area contributed by atoms with Gasteiger partial charge in [-0.1, -0.05) is 47.5 Å². The predicted molar refractivity (Wildman–Crippen MR) is 134 cm³/mol. The van der Waals surface area contributed by atoms with Gasteiger partial charge in [0.1, 0.15) is 5.56 Å². The van der Waals surface area contributed by atoms with E-state index >= 15 is 0 Å². The molecule has 172 valence electrons. The zero-order valence-electron chi connectivity index (χ0n) is 18.1. The number of hydrogen-bond donors (Lipinski definition) is 2. The zero-order valence-corrected chi connectivity index (χ0v) is 19.7. The van der Waals surface area contributed by atoms with Crippen LogP contribution in [-0.2, 0) is 11.3 Å². The monoisotopic (exact) mass is 494 g/mol. The molecular weight excluding hydrogens is 475 g/mol. The second-order valence-corrected chi connectivity index (χ2v) is 8.01. The van der Waals surface area contributed by atoms with Crippen LogP contribution in [0.3, 0.4) is 0 Å². The first-order valence-corrected chi connectivity index (χ1v) is 11.2. The lowest BCUT2D eigenvalue weighted by atomic mass is 10.1. The molecule has 0 aliphatic rings. The lowest BCUT2D eigenvalue weighted by Crippen LogP contribution is -2.15. The summed E-state index contributed by atoms with van der Waals surface area (Å²) in [5.41, 5.74) is 2.69. The van der Waals surface area contributed by atoms with Gasteiger partial charge in [0, 0.05) is 17.8 Å². The number of rotatable bonds is 7. The highest BCUT2D eigenvalue weighted by molar-refractivity contribution is 6.40. The van der Waals surface area contributed by atoms with Crippen molar-refractivity contribution in [2.75, 3.05) is 17.2 Å². The van der Waals surface area contributed by atoms with Crippen molar-refractivity contribution >= 4 is 57.4 Å². The Bertz CT molecular complexity index is 1340. The van der Waals surface area contributed by atoms with Gasteiger partial charge in [0.05, 0.1) is 51.3 Å². The third kappa shape index (κ3) is 4.95. The maximum atomic E-state index is 12.9. The highest BCUT2D eigenvalue weighted by Crippen LogP contribution is 2.32. The van der Waals surface area contributed by atoms with Crippen LogP contribution in [0, 0.1) is 0 Å². The zero-order chi connectivity index (χ0) is 24.1. The average Bonchev–Trinajstić information content (AvgIpc) is 2.83. The van der Waals surface area contributed by atoms with E-state index in [1.54, 1.807) is 43.5 Å². The summed E-state index contributed by atoms with van der Waals surface area (Å²) >= 11 is 12.4. The standard InChI is InChI=1S/C25H20Cl2N4O3/c1-2-34-25(33)17-14-30-23-16(22(17)29-13-15-7-3-4-12-28-15)8-5-11-20(23)31-24(32)21-18(26)9-6-10-19(21)27/h3-12,14H,2,13H2,1H3,(H,29,30)(H,31,32). The number of halogens is 2. The van der Waals surface area contributed by atoms with Gasteiger partial charge in [-0.05, 0) is 37.3 Å². The topological polar surface area (TPSA) is 93.2 Å². The van der Waals surface area contributed by atoms with E-state index in [0.717, 1.165) is 5.69 Å². The molecule has 34 heavy (non-hydrogen) atoms. The molecule has 9 heteroatoms. The molecule has 0 atom stereocenters. The summed E-state index contributed by atoms with van der Waals surface area (Å²) in [6.45, 7) is 2.34. The fourth-order valence-electron chi connectivity index (χ4n) is 3.46. The van der Waals surface area contributed by atoms with Crippen molar-refractivity contribution in [3.8, 4) is 0 Å². The molecule has 0 aliphatic heterocycles. The molecule has 2 aromatic carbocycles. The molecule has 1 amide bonds. The number of para-hydroxylation sites is 1. The van der Waals surface area contributed by atoms with E-state index in [4.69, 9.17) is 27.9 Å². The quantitative estimate of drug-likeness (QED) is 0.307. The Hall–Kier alpha value is -3.68. The smallest absolute Gasteiger partial charge is 0.341 e. The first-order valence-electron chi connectivity index (χ1n) is 10.5. The fourth-order valence-corrected chi connectivity index (χ4v) is 4.03. The molecule has 0 unspecified atom stereocenters. The summed E-state index contributed by atoms with van der Waals surface area (Å²) in [7, 11) is 0. The molecule has 0 saturated heterocycles. The van der Waals surface area contributed by atoms with Gasteiger partial charge in [0.25, 0.3) is 5.91 Å². The number of carbonyl (C=O) groups excluding carboxylic acids is 2. The Morgan fingerprint density at radius 1 is 0.971 bits per heavy atom. The van der Waals surface area contributed by atoms with Crippen LogP contribution in [0.2, 0.25) is 10.0 Å². The summed E-state index contributed by atoms with van der Waals surface area (Å²) < 4.78 is 5.21. The number of benzene rings is 2. The van der Waals surface area contributed by atoms with Gasteiger partial charge in [-0.3, -0.25) is 14.8 Å². The Labute approximate surface area is 206 Å². The first-order chi connectivity index (χ1) is 16.5. The van der Waals surface area contributed by atoms with Crippen molar-refractivity contribution in [3.05, 3.63) is 93.9 Å². The van der Waals surface area contributed by atoms with E-state index in [2.05, 4.69) is 20.6 Å². The van der Waals surface area contributed by atoms with E-state index in [1.165, 1.54) is 6.20 Å². The molecule has 0 fully saturated rings. The van der Waals surface area contributed by atoms with Crippen LogP contribution in [0.1, 0.15) is 33.3 Å². The van der Waals surface area contributed by atoms with Crippen LogP contribution in [0.25, 0.3) is 10.9 Å². The Morgan fingerprint density at radius 2 is 1.74 bits per heavy atom. The van der Waals surface area contributed by atoms with Gasteiger partial charge < -0.3 is 15.4 Å². The second-order valence-electron chi connectivity index (χ2n) is 7.19. The molecule has 0 spiro atoms. The van der Waals surface area contributed by atoms with E-state index in [-0.39, 0.29) is 27.8 Å². The van der Waals surface area contributed by atoms with E-state index in [0.29, 0.717) is 28.8 Å². The number of aromatic nitrogens is 2. The molecule has 0 radical (unpaired) electrons. The molecule has 7 nitrogen and oxygen atoms in total. The first kappa shape index (κ1) is 23.5. The van der Waals surface area contributed by atoms with Gasteiger partial charge in [-0.2, -0.15) is 0 Å². The number of fused-ring (bicyclic) bond motifs is 1. The Kier molecular flexibility index (Phi) is 7.25. The number of ether oxygens (including phenoxy) is 1. The summed E-state index contributed by atoms with van der Waals surface area (Å²) in [6, 6.07) is 15.7. The van der Waals surface area contributed by atoms with Crippen molar-refractivity contribution in [2.45, 2.75) is 13.5 Å². The summed E-state index contributed by atoms with van der Waals surface area (Å²) in [4.78, 5) is 34.3. The minimum absolute atomic E-state index is 0.166. The highest BCUT2D eigenvalue weighted by Gasteiger charge is 2.20. The van der Waals surface area contributed by atoms with Crippen molar-refractivity contribution in [1.82, 2.24) is 9.97 Å². The lowest BCUT2D eigenvalue weighted by Gasteiger charge is -2.16. The van der Waals surface area contributed by atoms with Crippen LogP contribution in [0.5, 0.6) is 0 Å². The van der Waals surface area contributed by atoms with Crippen molar-refractivity contribution in [3.63, 3.8) is 0 Å². The molecule has 0 aliphatic carbocycles. The number of nitrogens with one attached hydrogen (secondary N) is 2. The maximum absolute atomic E-state index is 12.9. The van der Waals surface area contributed by atoms with Gasteiger partial charge in [-0.25, -0.2) is 4.79 Å². The van der Waals surface area contributed by atoms with Crippen molar-refractivity contribution in [2.24, 2.45) is 0 Å². The summed E-state index contributed by atoms with van der Waals surface area (Å²) in [6.07, 6.45) is 3.13. The lowest BCUT2D eigenvalue weighted by molar-refractivity contribution is 0.0527. The molecule has 2 aromatic heterocycles. The van der Waals surface area contributed by atoms with Crippen molar-refractivity contribution < 1.29 is 14.3 Å². The van der Waals surface area contributed by atoms with E-state index < -0.39 is 11.9 Å². The molecule has 2 N–H and O–H groups in total. The SMILES string of the molecule is CCOC(=O)c1cnc2c(NC(=O)c3c(Cl)cccc3Cl)cccc2c1NCc1ccccn1. The fraction of sp³-hybridized carbons (Fsp3) is 0.120. The average molecular weight is 495 g/mol. The van der Waals surface area contributed by atoms with Gasteiger partial charge in [0.15, 0.2) is 0 Å². The number of nitrogens with zero attached hydrogens (tertiary/aromatic N) is 2. The molecule has 4 aromatic rings. The van der Waals surface area contributed by atoms with Gasteiger partial charge >= 0.3 is 5.97 Å². The highest BCUT2D eigenvalue weighted by atomic mass is 35.5. The molecule has 4 rings (SSSR count). The van der Waals surface area contributed by atoms with Crippen LogP contribution >= 0.6 is 23.2 Å².